The van der Waals surface area contributed by atoms with E-state index >= 15 is 0 Å². The van der Waals surface area contributed by atoms with Gasteiger partial charge in [0, 0.05) is 0 Å². The van der Waals surface area contributed by atoms with Crippen molar-refractivity contribution < 1.29 is 8.42 Å². The quantitative estimate of drug-likeness (QED) is 0.582. The number of benzene rings is 1. The molecule has 0 aliphatic heterocycles. The van der Waals surface area contributed by atoms with E-state index in [1.165, 1.54) is 37.5 Å². The number of halogens is 1. The van der Waals surface area contributed by atoms with Crippen LogP contribution in [0.5, 0.6) is 0 Å². The number of sulfone groups is 1. The van der Waals surface area contributed by atoms with Gasteiger partial charge < -0.3 is 5.73 Å². The smallest absolute Gasteiger partial charge is 0.178 e. The van der Waals surface area contributed by atoms with Gasteiger partial charge in [0.2, 0.25) is 0 Å². The predicted octanol–water partition coefficient (Wildman–Crippen LogP) is 4.06. The largest absolute Gasteiger partial charge is 0.398 e. The summed E-state index contributed by atoms with van der Waals surface area (Å²) in [7, 11) is -3.23. The predicted molar refractivity (Wildman–Crippen MR) is 81.3 cm³/mol. The SMILES string of the molecule is CCCCCCCCS(=O)(=O)c1ccc(N)c(Cl)c1. The molecule has 0 saturated carbocycles. The molecule has 0 radical (unpaired) electrons. The van der Waals surface area contributed by atoms with Crippen LogP contribution in [0.4, 0.5) is 5.69 Å². The van der Waals surface area contributed by atoms with E-state index < -0.39 is 9.84 Å². The second kappa shape index (κ2) is 7.75. The number of rotatable bonds is 8. The topological polar surface area (TPSA) is 60.2 Å². The lowest BCUT2D eigenvalue weighted by molar-refractivity contribution is 0.583. The highest BCUT2D eigenvalue weighted by atomic mass is 35.5. The second-order valence-corrected chi connectivity index (χ2v) is 7.29. The van der Waals surface area contributed by atoms with Gasteiger partial charge in [-0.25, -0.2) is 8.42 Å². The van der Waals surface area contributed by atoms with E-state index in [4.69, 9.17) is 17.3 Å². The minimum atomic E-state index is -3.23. The molecule has 0 aliphatic rings. The van der Waals surface area contributed by atoms with Gasteiger partial charge in [0.25, 0.3) is 0 Å². The maximum Gasteiger partial charge on any atom is 0.178 e. The molecule has 19 heavy (non-hydrogen) atoms. The Hall–Kier alpha value is -0.740. The normalized spacial score (nSPS) is 11.7. The summed E-state index contributed by atoms with van der Waals surface area (Å²) in [6.45, 7) is 2.16. The maximum absolute atomic E-state index is 12.1. The molecule has 0 fully saturated rings. The van der Waals surface area contributed by atoms with Crippen LogP contribution in [0.25, 0.3) is 0 Å². The molecule has 0 saturated heterocycles. The maximum atomic E-state index is 12.1. The first-order valence-corrected chi connectivity index (χ1v) is 8.78. The lowest BCUT2D eigenvalue weighted by atomic mass is 10.1. The summed E-state index contributed by atoms with van der Waals surface area (Å²) >= 11 is 5.85. The summed E-state index contributed by atoms with van der Waals surface area (Å²) < 4.78 is 24.2. The van der Waals surface area contributed by atoms with Gasteiger partial charge in [-0.1, -0.05) is 50.6 Å². The van der Waals surface area contributed by atoms with Crippen LogP contribution in [0.2, 0.25) is 5.02 Å². The van der Waals surface area contributed by atoms with Gasteiger partial charge in [-0.05, 0) is 24.6 Å². The molecule has 2 N–H and O–H groups in total. The van der Waals surface area contributed by atoms with Gasteiger partial charge in [0.05, 0.1) is 21.4 Å². The second-order valence-electron chi connectivity index (χ2n) is 4.77. The van der Waals surface area contributed by atoms with Crippen molar-refractivity contribution in [2.45, 2.75) is 50.3 Å². The molecule has 0 atom stereocenters. The number of hydrogen-bond acceptors (Lipinski definition) is 3. The first-order valence-electron chi connectivity index (χ1n) is 6.75. The molecule has 1 aromatic carbocycles. The minimum Gasteiger partial charge on any atom is -0.398 e. The molecule has 0 bridgehead atoms. The molecule has 0 aromatic heterocycles. The van der Waals surface area contributed by atoms with Crippen LogP contribution in [0.3, 0.4) is 0 Å². The third-order valence-corrected chi connectivity index (χ3v) is 5.22. The highest BCUT2D eigenvalue weighted by molar-refractivity contribution is 7.91. The van der Waals surface area contributed by atoms with Crippen molar-refractivity contribution in [1.29, 1.82) is 0 Å². The van der Waals surface area contributed by atoms with E-state index in [0.717, 1.165) is 12.8 Å². The lowest BCUT2D eigenvalue weighted by Crippen LogP contribution is -2.07. The van der Waals surface area contributed by atoms with Crippen molar-refractivity contribution in [2.75, 3.05) is 11.5 Å². The summed E-state index contributed by atoms with van der Waals surface area (Å²) in [5.74, 6) is 0.180. The van der Waals surface area contributed by atoms with Crippen LogP contribution in [-0.2, 0) is 9.84 Å². The van der Waals surface area contributed by atoms with E-state index in [1.54, 1.807) is 0 Å². The zero-order valence-electron chi connectivity index (χ0n) is 11.4. The van der Waals surface area contributed by atoms with Crippen LogP contribution in [-0.4, -0.2) is 14.2 Å². The number of nitrogens with two attached hydrogens (primary N) is 1. The number of unbranched alkanes of at least 4 members (excludes halogenated alkanes) is 5. The van der Waals surface area contributed by atoms with Gasteiger partial charge in [0.15, 0.2) is 9.84 Å². The average molecular weight is 304 g/mol. The molecule has 1 rings (SSSR count). The third-order valence-electron chi connectivity index (χ3n) is 3.10. The molecule has 0 amide bonds. The zero-order chi connectivity index (χ0) is 14.3. The van der Waals surface area contributed by atoms with Gasteiger partial charge >= 0.3 is 0 Å². The molecular weight excluding hydrogens is 282 g/mol. The Balaban J connectivity index is 2.49. The molecule has 108 valence electrons. The highest BCUT2D eigenvalue weighted by Crippen LogP contribution is 2.23. The monoisotopic (exact) mass is 303 g/mol. The molecule has 5 heteroatoms. The van der Waals surface area contributed by atoms with Crippen LogP contribution in [0.15, 0.2) is 23.1 Å². The fourth-order valence-electron chi connectivity index (χ4n) is 1.89. The molecule has 1 aromatic rings. The summed E-state index contributed by atoms with van der Waals surface area (Å²) in [4.78, 5) is 0.264. The van der Waals surface area contributed by atoms with Crippen molar-refractivity contribution in [3.63, 3.8) is 0 Å². The van der Waals surface area contributed by atoms with Crippen molar-refractivity contribution in [3.05, 3.63) is 23.2 Å². The Labute approximate surface area is 121 Å². The van der Waals surface area contributed by atoms with E-state index in [-0.39, 0.29) is 10.6 Å². The van der Waals surface area contributed by atoms with Crippen LogP contribution in [0.1, 0.15) is 45.4 Å². The Morgan fingerprint density at radius 1 is 1.11 bits per heavy atom. The average Bonchev–Trinajstić information content (AvgIpc) is 2.36. The molecule has 0 aliphatic carbocycles. The number of anilines is 1. The fraction of sp³-hybridized carbons (Fsp3) is 0.571. The summed E-state index contributed by atoms with van der Waals surface area (Å²) in [6.07, 6.45) is 6.37. The molecule has 0 unspecified atom stereocenters. The van der Waals surface area contributed by atoms with Crippen molar-refractivity contribution in [3.8, 4) is 0 Å². The molecular formula is C14H22ClNO2S. The van der Waals surface area contributed by atoms with E-state index in [9.17, 15) is 8.42 Å². The Morgan fingerprint density at radius 3 is 2.37 bits per heavy atom. The van der Waals surface area contributed by atoms with Crippen molar-refractivity contribution >= 4 is 27.1 Å². The highest BCUT2D eigenvalue weighted by Gasteiger charge is 2.14. The van der Waals surface area contributed by atoms with Crippen LogP contribution in [0, 0.1) is 0 Å². The van der Waals surface area contributed by atoms with E-state index in [1.807, 2.05) is 0 Å². The summed E-state index contributed by atoms with van der Waals surface area (Å²) in [6, 6.07) is 4.49. The van der Waals surface area contributed by atoms with Crippen LogP contribution >= 0.6 is 11.6 Å². The lowest BCUT2D eigenvalue weighted by Gasteiger charge is -2.06. The zero-order valence-corrected chi connectivity index (χ0v) is 12.9. The van der Waals surface area contributed by atoms with Crippen molar-refractivity contribution in [1.82, 2.24) is 0 Å². The van der Waals surface area contributed by atoms with Gasteiger partial charge in [-0.2, -0.15) is 0 Å². The van der Waals surface area contributed by atoms with Gasteiger partial charge in [-0.15, -0.1) is 0 Å². The Bertz CT molecular complexity index is 500. The standard InChI is InChI=1S/C14H22ClNO2S/c1-2-3-4-5-6-7-10-19(17,18)12-8-9-14(16)13(15)11-12/h8-9,11H,2-7,10,16H2,1H3. The first-order chi connectivity index (χ1) is 8.97. The fourth-order valence-corrected chi connectivity index (χ4v) is 3.53. The number of nitrogen functional groups attached to an aromatic ring is 1. The van der Waals surface area contributed by atoms with Crippen LogP contribution < -0.4 is 5.73 Å². The molecule has 0 spiro atoms. The van der Waals surface area contributed by atoms with Crippen molar-refractivity contribution in [2.24, 2.45) is 0 Å². The van der Waals surface area contributed by atoms with E-state index in [2.05, 4.69) is 6.92 Å². The molecule has 3 nitrogen and oxygen atoms in total. The van der Waals surface area contributed by atoms with E-state index in [0.29, 0.717) is 17.1 Å². The third kappa shape index (κ3) is 5.41. The van der Waals surface area contributed by atoms with Gasteiger partial charge in [0.1, 0.15) is 0 Å². The minimum absolute atomic E-state index is 0.180. The Kier molecular flexibility index (Phi) is 6.66. The Morgan fingerprint density at radius 2 is 1.74 bits per heavy atom. The first kappa shape index (κ1) is 16.3. The summed E-state index contributed by atoms with van der Waals surface area (Å²) in [5.41, 5.74) is 5.98. The molecule has 0 heterocycles. The summed E-state index contributed by atoms with van der Waals surface area (Å²) in [5, 5.41) is 0.295. The number of hydrogen-bond donors (Lipinski definition) is 1. The van der Waals surface area contributed by atoms with Gasteiger partial charge in [-0.3, -0.25) is 0 Å².